The summed E-state index contributed by atoms with van der Waals surface area (Å²) in [6.07, 6.45) is 0.519. The fourth-order valence-corrected chi connectivity index (χ4v) is 6.03. The molecule has 3 heterocycles. The second-order valence-electron chi connectivity index (χ2n) is 18.9. The Morgan fingerprint density at radius 1 is 0.557 bits per heavy atom. The molecule has 3 aromatic heterocycles. The van der Waals surface area contributed by atoms with Crippen molar-refractivity contribution in [2.45, 2.75) is 125 Å². The predicted molar refractivity (Wildman–Crippen MR) is 230 cm³/mol. The predicted octanol–water partition coefficient (Wildman–Crippen LogP) is 6.07. The first-order chi connectivity index (χ1) is 28.2. The van der Waals surface area contributed by atoms with Gasteiger partial charge >= 0.3 is 23.9 Å². The Balaban J connectivity index is 1.67. The zero-order chi connectivity index (χ0) is 45.3. The smallest absolute Gasteiger partial charge is 0.320 e. The normalized spacial score (nSPS) is 12.4. The van der Waals surface area contributed by atoms with Crippen molar-refractivity contribution in [3.63, 3.8) is 0 Å². The minimum Gasteiger partial charge on any atom is -0.459 e. The number of hydrogen-bond acceptors (Lipinski definition) is 15. The van der Waals surface area contributed by atoms with E-state index in [0.717, 1.165) is 11.1 Å². The van der Waals surface area contributed by atoms with E-state index >= 15 is 0 Å². The van der Waals surface area contributed by atoms with Crippen molar-refractivity contribution in [2.24, 2.45) is 0 Å². The molecule has 0 aliphatic carbocycles. The zero-order valence-corrected chi connectivity index (χ0v) is 37.7. The van der Waals surface area contributed by atoms with Gasteiger partial charge in [-0.05, 0) is 137 Å². The highest BCUT2D eigenvalue weighted by Gasteiger charge is 2.26. The first kappa shape index (κ1) is 47.9. The van der Waals surface area contributed by atoms with Crippen LogP contribution in [0.1, 0.15) is 106 Å². The van der Waals surface area contributed by atoms with Crippen molar-refractivity contribution >= 4 is 29.6 Å². The van der Waals surface area contributed by atoms with E-state index in [1.54, 1.807) is 111 Å². The van der Waals surface area contributed by atoms with Crippen LogP contribution >= 0.6 is 0 Å². The van der Waals surface area contributed by atoms with Gasteiger partial charge in [0.1, 0.15) is 33.8 Å². The summed E-state index contributed by atoms with van der Waals surface area (Å²) in [5.74, 6) is -1.34. The van der Waals surface area contributed by atoms with E-state index < -0.39 is 46.3 Å². The number of H-pyrrole nitrogens is 1. The Kier molecular flexibility index (Phi) is 15.5. The molecule has 0 atom stereocenters. The summed E-state index contributed by atoms with van der Waals surface area (Å²) >= 11 is 0. The van der Waals surface area contributed by atoms with E-state index in [2.05, 4.69) is 10.2 Å². The van der Waals surface area contributed by atoms with Gasteiger partial charge in [0.25, 0.3) is 0 Å². The summed E-state index contributed by atoms with van der Waals surface area (Å²) in [7, 11) is 0. The molecule has 0 saturated carbocycles. The molecule has 0 aliphatic heterocycles. The summed E-state index contributed by atoms with van der Waals surface area (Å²) in [6.45, 7) is 20.9. The number of anilines is 1. The topological polar surface area (TPSA) is 205 Å². The number of nitrogen functional groups attached to an aromatic ring is 1. The number of rotatable bonds is 16. The van der Waals surface area contributed by atoms with Gasteiger partial charge in [-0.15, -0.1) is 0 Å². The molecule has 4 aromatic rings. The Bertz CT molecular complexity index is 2080. The van der Waals surface area contributed by atoms with Crippen LogP contribution in [-0.2, 0) is 57.6 Å². The number of nitrogens with one attached hydrogen (secondary N) is 1. The maximum atomic E-state index is 13.0. The first-order valence-electron chi connectivity index (χ1n) is 20.2. The standard InChI is InChI=1S/C45H62N8O8/c1-42(2,3)58-36(54)25-52(26-37(55)59-43(4,5)6)23-32-14-13-15-34(47-32)40-49-41(51-50-40)35-22-30(20-29-16-18-31(46)19-17-29)21-33(48-35)24-53(27-38(56)60-44(7,8)9)28-39(57)61-45(10,11)12/h13-19,21-22H,20,23-28,46H2,1-12H3,(H,49,50,51). The number of carbonyl (C=O) groups is 4. The summed E-state index contributed by atoms with van der Waals surface area (Å²) in [5.41, 5.74) is 7.63. The quantitative estimate of drug-likeness (QED) is 0.0746. The summed E-state index contributed by atoms with van der Waals surface area (Å²) in [5, 5.41) is 7.48. The van der Waals surface area contributed by atoms with Gasteiger partial charge in [0.15, 0.2) is 11.6 Å². The van der Waals surface area contributed by atoms with Crippen molar-refractivity contribution in [2.75, 3.05) is 31.9 Å². The monoisotopic (exact) mass is 842 g/mol. The number of carbonyl (C=O) groups excluding carboxylic acids is 4. The molecule has 16 nitrogen and oxygen atoms in total. The zero-order valence-electron chi connectivity index (χ0n) is 37.7. The molecular formula is C45H62N8O8. The summed E-state index contributed by atoms with van der Waals surface area (Å²) < 4.78 is 22.3. The Morgan fingerprint density at radius 2 is 1.00 bits per heavy atom. The lowest BCUT2D eigenvalue weighted by Gasteiger charge is -2.26. The van der Waals surface area contributed by atoms with Crippen LogP contribution in [0.25, 0.3) is 23.0 Å². The molecule has 0 unspecified atom stereocenters. The highest BCUT2D eigenvalue weighted by molar-refractivity contribution is 5.76. The third-order valence-corrected chi connectivity index (χ3v) is 7.95. The van der Waals surface area contributed by atoms with Gasteiger partial charge < -0.3 is 24.7 Å². The summed E-state index contributed by atoms with van der Waals surface area (Å²) in [6, 6.07) is 16.7. The van der Waals surface area contributed by atoms with Crippen molar-refractivity contribution in [1.29, 1.82) is 0 Å². The van der Waals surface area contributed by atoms with Crippen molar-refractivity contribution < 1.29 is 38.1 Å². The van der Waals surface area contributed by atoms with Crippen LogP contribution in [0.2, 0.25) is 0 Å². The van der Waals surface area contributed by atoms with E-state index in [0.29, 0.717) is 40.7 Å². The molecule has 0 bridgehead atoms. The number of esters is 4. The van der Waals surface area contributed by atoms with Gasteiger partial charge in [0, 0.05) is 18.8 Å². The van der Waals surface area contributed by atoms with Crippen LogP contribution in [-0.4, -0.2) is 107 Å². The molecule has 3 N–H and O–H groups in total. The Morgan fingerprint density at radius 3 is 1.46 bits per heavy atom. The van der Waals surface area contributed by atoms with Gasteiger partial charge in [-0.1, -0.05) is 18.2 Å². The van der Waals surface area contributed by atoms with Crippen molar-refractivity contribution in [3.05, 3.63) is 77.1 Å². The number of aromatic nitrogens is 5. The molecular weight excluding hydrogens is 781 g/mol. The average molecular weight is 843 g/mol. The average Bonchev–Trinajstić information content (AvgIpc) is 3.57. The van der Waals surface area contributed by atoms with Crippen molar-refractivity contribution in [1.82, 2.24) is 34.9 Å². The lowest BCUT2D eigenvalue weighted by Crippen LogP contribution is -2.39. The van der Waals surface area contributed by atoms with E-state index in [1.807, 2.05) is 36.4 Å². The molecule has 0 fully saturated rings. The van der Waals surface area contributed by atoms with E-state index in [4.69, 9.17) is 39.6 Å². The molecule has 0 spiro atoms. The number of aromatic amines is 1. The second kappa shape index (κ2) is 19.8. The Hall–Kier alpha value is -5.74. The molecule has 61 heavy (non-hydrogen) atoms. The number of nitrogens with zero attached hydrogens (tertiary/aromatic N) is 6. The van der Waals surface area contributed by atoms with Crippen LogP contribution in [0.15, 0.2) is 54.6 Å². The largest absolute Gasteiger partial charge is 0.459 e. The lowest BCUT2D eigenvalue weighted by molar-refractivity contribution is -0.162. The minimum absolute atomic E-state index is 0.102. The van der Waals surface area contributed by atoms with Crippen LogP contribution in [0.3, 0.4) is 0 Å². The summed E-state index contributed by atoms with van der Waals surface area (Å²) in [4.78, 5) is 69.5. The van der Waals surface area contributed by atoms with Gasteiger partial charge in [-0.25, -0.2) is 15.0 Å². The fraction of sp³-hybridized carbons (Fsp3) is 0.511. The van der Waals surface area contributed by atoms with Crippen molar-refractivity contribution in [3.8, 4) is 23.0 Å². The number of nitrogens with two attached hydrogens (primary N) is 1. The molecule has 0 saturated heterocycles. The van der Waals surface area contributed by atoms with Gasteiger partial charge in [-0.2, -0.15) is 5.10 Å². The molecule has 0 aliphatic rings. The first-order valence-corrected chi connectivity index (χ1v) is 20.2. The Labute approximate surface area is 358 Å². The van der Waals surface area contributed by atoms with Gasteiger partial charge in [-0.3, -0.25) is 34.1 Å². The minimum atomic E-state index is -0.726. The van der Waals surface area contributed by atoms with Crippen LogP contribution < -0.4 is 5.73 Å². The highest BCUT2D eigenvalue weighted by atomic mass is 16.6. The van der Waals surface area contributed by atoms with Gasteiger partial charge in [0.2, 0.25) is 0 Å². The SMILES string of the molecule is CC(C)(C)OC(=O)CN(CC(=O)OC(C)(C)C)Cc1cc(Cc2ccc(N)cc2)cc(-c2n[nH]c(-c3cccc(CN(CC(=O)OC(C)(C)C)CC(=O)OC(C)(C)C)n3)n2)n1. The molecule has 0 radical (unpaired) electrons. The maximum absolute atomic E-state index is 13.0. The van der Waals surface area contributed by atoms with Crippen LogP contribution in [0, 0.1) is 0 Å². The lowest BCUT2D eigenvalue weighted by atomic mass is 10.0. The third-order valence-electron chi connectivity index (χ3n) is 7.95. The number of ether oxygens (including phenoxy) is 4. The van der Waals surface area contributed by atoms with E-state index in [9.17, 15) is 19.2 Å². The van der Waals surface area contributed by atoms with E-state index in [1.165, 1.54) is 0 Å². The fourth-order valence-electron chi connectivity index (χ4n) is 6.03. The highest BCUT2D eigenvalue weighted by Crippen LogP contribution is 2.23. The van der Waals surface area contributed by atoms with Crippen LogP contribution in [0.5, 0.6) is 0 Å². The number of benzene rings is 1. The number of pyridine rings is 2. The molecule has 16 heteroatoms. The van der Waals surface area contributed by atoms with E-state index in [-0.39, 0.29) is 45.1 Å². The molecule has 330 valence electrons. The maximum Gasteiger partial charge on any atom is 0.320 e. The number of hydrogen-bond donors (Lipinski definition) is 2. The second-order valence-corrected chi connectivity index (χ2v) is 18.9. The molecule has 4 rings (SSSR count). The molecule has 0 amide bonds. The van der Waals surface area contributed by atoms with Crippen LogP contribution in [0.4, 0.5) is 5.69 Å². The van der Waals surface area contributed by atoms with Gasteiger partial charge in [0.05, 0.1) is 37.6 Å². The third kappa shape index (κ3) is 17.8. The molecule has 1 aromatic carbocycles.